The molecular weight excluding hydrogens is 176 g/mol. The van der Waals surface area contributed by atoms with Crippen molar-refractivity contribution in [2.45, 2.75) is 27.2 Å². The van der Waals surface area contributed by atoms with Crippen molar-refractivity contribution >= 4 is 15.9 Å². The van der Waals surface area contributed by atoms with Gasteiger partial charge in [-0.1, -0.05) is 41.4 Å². The molecule has 54 valence electrons. The standard InChI is InChI=1S/C8H15Br/c1-7(2)8(3)5-4-6-9/h5,7H,4,6H2,1-3H3. The Morgan fingerprint density at radius 2 is 2.11 bits per heavy atom. The summed E-state index contributed by atoms with van der Waals surface area (Å²) in [6.45, 7) is 6.63. The van der Waals surface area contributed by atoms with Crippen LogP contribution >= 0.6 is 15.9 Å². The molecular formula is C8H15Br. The number of halogens is 1. The molecule has 0 aliphatic heterocycles. The summed E-state index contributed by atoms with van der Waals surface area (Å²) < 4.78 is 0. The van der Waals surface area contributed by atoms with Crippen molar-refractivity contribution in [3.05, 3.63) is 11.6 Å². The van der Waals surface area contributed by atoms with Crippen LogP contribution in [0.1, 0.15) is 27.2 Å². The second-order valence-corrected chi connectivity index (χ2v) is 3.37. The summed E-state index contributed by atoms with van der Waals surface area (Å²) in [4.78, 5) is 0. The van der Waals surface area contributed by atoms with Crippen LogP contribution in [0, 0.1) is 5.92 Å². The first-order valence-corrected chi connectivity index (χ1v) is 4.53. The zero-order chi connectivity index (χ0) is 7.28. The summed E-state index contributed by atoms with van der Waals surface area (Å²) in [5.74, 6) is 0.712. The van der Waals surface area contributed by atoms with E-state index in [1.165, 1.54) is 5.57 Å². The Kier molecular flexibility index (Phi) is 5.16. The largest absolute Gasteiger partial charge is 0.0925 e. The van der Waals surface area contributed by atoms with Crippen LogP contribution < -0.4 is 0 Å². The second kappa shape index (κ2) is 5.04. The average molecular weight is 191 g/mol. The molecule has 0 aromatic carbocycles. The van der Waals surface area contributed by atoms with Gasteiger partial charge < -0.3 is 0 Å². The van der Waals surface area contributed by atoms with Crippen LogP contribution in [0.2, 0.25) is 0 Å². The van der Waals surface area contributed by atoms with Crippen LogP contribution in [0.5, 0.6) is 0 Å². The molecule has 0 fully saturated rings. The first-order chi connectivity index (χ1) is 4.18. The third kappa shape index (κ3) is 4.71. The molecule has 0 rings (SSSR count). The quantitative estimate of drug-likeness (QED) is 0.473. The summed E-state index contributed by atoms with van der Waals surface area (Å²) >= 11 is 3.38. The van der Waals surface area contributed by atoms with Gasteiger partial charge in [0.05, 0.1) is 0 Å². The van der Waals surface area contributed by atoms with Crippen molar-refractivity contribution in [2.24, 2.45) is 5.92 Å². The van der Waals surface area contributed by atoms with Gasteiger partial charge in [-0.05, 0) is 19.3 Å². The van der Waals surface area contributed by atoms with Crippen LogP contribution in [0.3, 0.4) is 0 Å². The predicted octanol–water partition coefficient (Wildman–Crippen LogP) is 3.37. The summed E-state index contributed by atoms with van der Waals surface area (Å²) in [6, 6.07) is 0. The van der Waals surface area contributed by atoms with Crippen molar-refractivity contribution in [1.82, 2.24) is 0 Å². The van der Waals surface area contributed by atoms with E-state index in [2.05, 4.69) is 42.8 Å². The molecule has 0 aliphatic rings. The minimum Gasteiger partial charge on any atom is -0.0925 e. The number of hydrogen-bond donors (Lipinski definition) is 0. The van der Waals surface area contributed by atoms with Gasteiger partial charge in [0, 0.05) is 5.33 Å². The zero-order valence-corrected chi connectivity index (χ0v) is 8.03. The molecule has 0 bridgehead atoms. The molecule has 0 saturated heterocycles. The average Bonchev–Trinajstić information content (AvgIpc) is 1.82. The summed E-state index contributed by atoms with van der Waals surface area (Å²) in [6.07, 6.45) is 3.45. The molecule has 0 nitrogen and oxygen atoms in total. The molecule has 0 amide bonds. The lowest BCUT2D eigenvalue weighted by molar-refractivity contribution is 0.763. The van der Waals surface area contributed by atoms with Gasteiger partial charge in [0.2, 0.25) is 0 Å². The van der Waals surface area contributed by atoms with Crippen LogP contribution in [-0.4, -0.2) is 5.33 Å². The third-order valence-electron chi connectivity index (χ3n) is 1.49. The highest BCUT2D eigenvalue weighted by atomic mass is 79.9. The predicted molar refractivity (Wildman–Crippen MR) is 47.0 cm³/mol. The maximum atomic E-state index is 3.38. The molecule has 0 spiro atoms. The zero-order valence-electron chi connectivity index (χ0n) is 6.45. The molecule has 0 atom stereocenters. The first-order valence-electron chi connectivity index (χ1n) is 3.41. The fourth-order valence-corrected chi connectivity index (χ4v) is 0.747. The van der Waals surface area contributed by atoms with Gasteiger partial charge in [0.25, 0.3) is 0 Å². The van der Waals surface area contributed by atoms with E-state index in [1.54, 1.807) is 0 Å². The van der Waals surface area contributed by atoms with E-state index in [1.807, 2.05) is 0 Å². The van der Waals surface area contributed by atoms with Crippen molar-refractivity contribution in [1.29, 1.82) is 0 Å². The Balaban J connectivity index is 3.55. The van der Waals surface area contributed by atoms with Gasteiger partial charge in [-0.3, -0.25) is 0 Å². The third-order valence-corrected chi connectivity index (χ3v) is 1.94. The van der Waals surface area contributed by atoms with Crippen LogP contribution in [0.4, 0.5) is 0 Å². The van der Waals surface area contributed by atoms with E-state index in [-0.39, 0.29) is 0 Å². The van der Waals surface area contributed by atoms with Gasteiger partial charge in [-0.25, -0.2) is 0 Å². The summed E-state index contributed by atoms with van der Waals surface area (Å²) in [7, 11) is 0. The molecule has 0 N–H and O–H groups in total. The van der Waals surface area contributed by atoms with E-state index < -0.39 is 0 Å². The van der Waals surface area contributed by atoms with Gasteiger partial charge >= 0.3 is 0 Å². The van der Waals surface area contributed by atoms with Crippen LogP contribution in [-0.2, 0) is 0 Å². The second-order valence-electron chi connectivity index (χ2n) is 2.58. The topological polar surface area (TPSA) is 0 Å². The molecule has 0 aromatic heterocycles. The fraction of sp³-hybridized carbons (Fsp3) is 0.750. The van der Waals surface area contributed by atoms with Crippen LogP contribution in [0.25, 0.3) is 0 Å². The lowest BCUT2D eigenvalue weighted by Crippen LogP contribution is -1.87. The Morgan fingerprint density at radius 3 is 2.44 bits per heavy atom. The Bertz CT molecular complexity index is 92.7. The maximum absolute atomic E-state index is 3.38. The lowest BCUT2D eigenvalue weighted by Gasteiger charge is -2.02. The lowest BCUT2D eigenvalue weighted by atomic mass is 10.0. The smallest absolute Gasteiger partial charge is 0.00660 e. The Labute approximate surface area is 66.5 Å². The fourth-order valence-electron chi connectivity index (χ4n) is 0.518. The number of hydrogen-bond acceptors (Lipinski definition) is 0. The van der Waals surface area contributed by atoms with Gasteiger partial charge in [-0.15, -0.1) is 0 Å². The Hall–Kier alpha value is 0.220. The normalized spacial score (nSPS) is 12.8. The molecule has 0 aliphatic carbocycles. The summed E-state index contributed by atoms with van der Waals surface area (Å²) in [5, 5.41) is 1.08. The molecule has 0 unspecified atom stereocenters. The minimum atomic E-state index is 0.712. The molecule has 9 heavy (non-hydrogen) atoms. The number of rotatable bonds is 3. The highest BCUT2D eigenvalue weighted by Gasteiger charge is 1.92. The van der Waals surface area contributed by atoms with Gasteiger partial charge in [0.1, 0.15) is 0 Å². The van der Waals surface area contributed by atoms with E-state index in [4.69, 9.17) is 0 Å². The number of alkyl halides is 1. The summed E-state index contributed by atoms with van der Waals surface area (Å²) in [5.41, 5.74) is 1.49. The molecule has 0 saturated carbocycles. The van der Waals surface area contributed by atoms with Crippen molar-refractivity contribution in [3.63, 3.8) is 0 Å². The minimum absolute atomic E-state index is 0.712. The molecule has 0 radical (unpaired) electrons. The molecule has 1 heteroatoms. The number of allylic oxidation sites excluding steroid dienone is 2. The van der Waals surface area contributed by atoms with E-state index in [0.717, 1.165) is 11.8 Å². The molecule has 0 heterocycles. The van der Waals surface area contributed by atoms with E-state index in [9.17, 15) is 0 Å². The first kappa shape index (κ1) is 9.22. The van der Waals surface area contributed by atoms with Crippen molar-refractivity contribution in [3.8, 4) is 0 Å². The van der Waals surface area contributed by atoms with Gasteiger partial charge in [-0.2, -0.15) is 0 Å². The highest BCUT2D eigenvalue weighted by molar-refractivity contribution is 9.09. The van der Waals surface area contributed by atoms with Crippen molar-refractivity contribution in [2.75, 3.05) is 5.33 Å². The van der Waals surface area contributed by atoms with Crippen LogP contribution in [0.15, 0.2) is 11.6 Å². The van der Waals surface area contributed by atoms with E-state index >= 15 is 0 Å². The Morgan fingerprint density at radius 1 is 1.56 bits per heavy atom. The maximum Gasteiger partial charge on any atom is 0.00660 e. The van der Waals surface area contributed by atoms with Gasteiger partial charge in [0.15, 0.2) is 0 Å². The van der Waals surface area contributed by atoms with Crippen molar-refractivity contribution < 1.29 is 0 Å². The SMILES string of the molecule is CC(=CCCBr)C(C)C. The van der Waals surface area contributed by atoms with E-state index in [0.29, 0.717) is 5.92 Å². The molecule has 0 aromatic rings. The highest BCUT2D eigenvalue weighted by Crippen LogP contribution is 2.08. The monoisotopic (exact) mass is 190 g/mol.